The Labute approximate surface area is 217 Å². The number of carbonyl (C=O) groups excluding carboxylic acids is 1. The lowest BCUT2D eigenvalue weighted by molar-refractivity contribution is 0.0134. The molecule has 3 aromatic carbocycles. The van der Waals surface area contributed by atoms with Crippen LogP contribution in [0.2, 0.25) is 0 Å². The number of nitrogens with zero attached hydrogens (tertiary/aromatic N) is 2. The number of hydrogen-bond donors (Lipinski definition) is 1. The smallest absolute Gasteiger partial charge is 0.410 e. The number of ether oxygens (including phenoxy) is 1. The molecule has 0 radical (unpaired) electrons. The summed E-state index contributed by atoms with van der Waals surface area (Å²) in [5.41, 5.74) is 9.40. The van der Waals surface area contributed by atoms with E-state index in [2.05, 4.69) is 4.90 Å². The first-order valence-corrected chi connectivity index (χ1v) is 12.6. The molecule has 1 unspecified atom stereocenters. The topological polar surface area (TPSA) is 58.8 Å². The summed E-state index contributed by atoms with van der Waals surface area (Å²) in [5, 5.41) is 0. The molecule has 5 nitrogen and oxygen atoms in total. The summed E-state index contributed by atoms with van der Waals surface area (Å²) in [7, 11) is 0. The molecule has 3 aromatic rings. The van der Waals surface area contributed by atoms with Crippen molar-refractivity contribution in [1.82, 2.24) is 9.80 Å². The average Bonchev–Trinajstić information content (AvgIpc) is 2.83. The fraction of sp³-hybridized carbons (Fsp3) is 0.367. The van der Waals surface area contributed by atoms with Gasteiger partial charge in [-0.05, 0) is 67.3 Å². The van der Waals surface area contributed by atoms with Gasteiger partial charge in [0, 0.05) is 39.0 Å². The van der Waals surface area contributed by atoms with Crippen molar-refractivity contribution >= 4 is 6.09 Å². The van der Waals surface area contributed by atoms with E-state index in [1.807, 2.05) is 51.1 Å². The molecule has 0 bridgehead atoms. The Bertz CT molecular complexity index is 1210. The van der Waals surface area contributed by atoms with Crippen LogP contribution in [-0.2, 0) is 30.7 Å². The number of hydrogen-bond acceptors (Lipinski definition) is 4. The van der Waals surface area contributed by atoms with E-state index in [0.29, 0.717) is 39.0 Å². The summed E-state index contributed by atoms with van der Waals surface area (Å²) in [6, 6.07) is 20.9. The van der Waals surface area contributed by atoms with Gasteiger partial charge in [0.2, 0.25) is 0 Å². The summed E-state index contributed by atoms with van der Waals surface area (Å²) in [5.74, 6) is -0.591. The molecule has 1 aliphatic heterocycles. The van der Waals surface area contributed by atoms with Gasteiger partial charge >= 0.3 is 6.09 Å². The van der Waals surface area contributed by atoms with Gasteiger partial charge in [-0.3, -0.25) is 4.90 Å². The number of nitrogens with two attached hydrogens (primary N) is 1. The number of benzene rings is 3. The van der Waals surface area contributed by atoms with Crippen LogP contribution in [0.1, 0.15) is 43.0 Å². The maximum Gasteiger partial charge on any atom is 0.410 e. The van der Waals surface area contributed by atoms with E-state index < -0.39 is 17.4 Å². The Morgan fingerprint density at radius 1 is 0.973 bits per heavy atom. The van der Waals surface area contributed by atoms with E-state index in [-0.39, 0.29) is 11.6 Å². The Morgan fingerprint density at radius 2 is 1.65 bits per heavy atom. The summed E-state index contributed by atoms with van der Waals surface area (Å²) < 4.78 is 33.3. The first-order chi connectivity index (χ1) is 17.5. The highest BCUT2D eigenvalue weighted by molar-refractivity contribution is 5.68. The van der Waals surface area contributed by atoms with Crippen molar-refractivity contribution in [3.63, 3.8) is 0 Å². The monoisotopic (exact) mass is 507 g/mol. The molecule has 0 saturated carbocycles. The van der Waals surface area contributed by atoms with Crippen molar-refractivity contribution in [2.24, 2.45) is 5.73 Å². The van der Waals surface area contributed by atoms with E-state index in [1.165, 1.54) is 18.2 Å². The molecule has 1 atom stereocenters. The molecule has 4 rings (SSSR count). The van der Waals surface area contributed by atoms with Crippen LogP contribution in [0, 0.1) is 11.6 Å². The zero-order chi connectivity index (χ0) is 26.6. The number of carbonyl (C=O) groups is 1. The quantitative estimate of drug-likeness (QED) is 0.449. The van der Waals surface area contributed by atoms with Crippen LogP contribution in [0.15, 0.2) is 72.8 Å². The van der Waals surface area contributed by atoms with Gasteiger partial charge in [-0.25, -0.2) is 13.6 Å². The van der Waals surface area contributed by atoms with Crippen molar-refractivity contribution in [3.8, 4) is 0 Å². The third-order valence-corrected chi connectivity index (χ3v) is 6.59. The number of fused-ring (bicyclic) bond motifs is 1. The Kier molecular flexibility index (Phi) is 7.95. The molecule has 0 aliphatic carbocycles. The predicted octanol–water partition coefficient (Wildman–Crippen LogP) is 5.66. The molecular weight excluding hydrogens is 472 g/mol. The van der Waals surface area contributed by atoms with E-state index in [9.17, 15) is 13.6 Å². The largest absolute Gasteiger partial charge is 0.444 e. The van der Waals surface area contributed by atoms with Crippen LogP contribution in [0.3, 0.4) is 0 Å². The number of rotatable bonds is 7. The van der Waals surface area contributed by atoms with Crippen LogP contribution in [0.25, 0.3) is 0 Å². The van der Waals surface area contributed by atoms with Crippen molar-refractivity contribution in [2.75, 3.05) is 13.1 Å². The lowest BCUT2D eigenvalue weighted by atomic mass is 9.85. The molecule has 0 spiro atoms. The lowest BCUT2D eigenvalue weighted by Crippen LogP contribution is -2.62. The second-order valence-corrected chi connectivity index (χ2v) is 10.8. The van der Waals surface area contributed by atoms with Gasteiger partial charge in [-0.15, -0.1) is 0 Å². The fourth-order valence-corrected chi connectivity index (χ4v) is 4.76. The highest BCUT2D eigenvalue weighted by Crippen LogP contribution is 2.31. The van der Waals surface area contributed by atoms with Crippen LogP contribution in [0.5, 0.6) is 0 Å². The molecule has 0 saturated heterocycles. The van der Waals surface area contributed by atoms with Crippen LogP contribution < -0.4 is 5.73 Å². The minimum absolute atomic E-state index is 0.291. The molecule has 2 N–H and O–H groups in total. The minimum Gasteiger partial charge on any atom is -0.444 e. The van der Waals surface area contributed by atoms with Gasteiger partial charge in [-0.2, -0.15) is 0 Å². The van der Waals surface area contributed by atoms with Gasteiger partial charge in [0.15, 0.2) is 0 Å². The third-order valence-electron chi connectivity index (χ3n) is 6.59. The SMILES string of the molecule is CC(C)(C)OC(=O)N(CCN1Cc2cc(F)ccc2CC1(N)Cc1ccc(F)cc1)Cc1ccccc1. The summed E-state index contributed by atoms with van der Waals surface area (Å²) in [6.07, 6.45) is 0.585. The Morgan fingerprint density at radius 3 is 2.32 bits per heavy atom. The molecule has 1 heterocycles. The van der Waals surface area contributed by atoms with E-state index >= 15 is 0 Å². The fourth-order valence-electron chi connectivity index (χ4n) is 4.76. The third kappa shape index (κ3) is 7.14. The highest BCUT2D eigenvalue weighted by Gasteiger charge is 2.38. The van der Waals surface area contributed by atoms with E-state index in [0.717, 1.165) is 22.3 Å². The van der Waals surface area contributed by atoms with Crippen LogP contribution in [-0.4, -0.2) is 40.2 Å². The van der Waals surface area contributed by atoms with Crippen molar-refractivity contribution in [1.29, 1.82) is 0 Å². The molecular formula is C30H35F2N3O2. The highest BCUT2D eigenvalue weighted by atomic mass is 19.1. The van der Waals surface area contributed by atoms with E-state index in [1.54, 1.807) is 29.2 Å². The molecule has 196 valence electrons. The van der Waals surface area contributed by atoms with Gasteiger partial charge in [0.25, 0.3) is 0 Å². The van der Waals surface area contributed by atoms with Gasteiger partial charge in [0.1, 0.15) is 17.2 Å². The molecule has 37 heavy (non-hydrogen) atoms. The second-order valence-electron chi connectivity index (χ2n) is 10.8. The molecule has 0 aromatic heterocycles. The van der Waals surface area contributed by atoms with Gasteiger partial charge in [0.05, 0.1) is 5.66 Å². The zero-order valence-corrected chi connectivity index (χ0v) is 21.7. The average molecular weight is 508 g/mol. The van der Waals surface area contributed by atoms with Crippen LogP contribution in [0.4, 0.5) is 13.6 Å². The standard InChI is InChI=1S/C30H35F2N3O2/c1-29(2,3)37-28(36)34(20-23-7-5-4-6-8-23)15-16-35-21-25-17-27(32)14-11-24(25)19-30(35,33)18-22-9-12-26(31)13-10-22/h4-14,17H,15-16,18-21,33H2,1-3H3. The molecule has 1 amide bonds. The van der Waals surface area contributed by atoms with Crippen molar-refractivity contribution in [3.05, 3.63) is 107 Å². The molecule has 1 aliphatic rings. The molecule has 7 heteroatoms. The maximum absolute atomic E-state index is 14.1. The number of halogens is 2. The van der Waals surface area contributed by atoms with Gasteiger partial charge in [-0.1, -0.05) is 48.5 Å². The lowest BCUT2D eigenvalue weighted by Gasteiger charge is -2.46. The van der Waals surface area contributed by atoms with Crippen molar-refractivity contribution < 1.29 is 18.3 Å². The number of amides is 1. The first kappa shape index (κ1) is 26.8. The minimum atomic E-state index is -0.797. The van der Waals surface area contributed by atoms with Crippen molar-refractivity contribution in [2.45, 2.75) is 58.0 Å². The predicted molar refractivity (Wildman–Crippen MR) is 141 cm³/mol. The Hall–Kier alpha value is -3.29. The Balaban J connectivity index is 1.59. The van der Waals surface area contributed by atoms with Gasteiger partial charge < -0.3 is 15.4 Å². The summed E-state index contributed by atoms with van der Waals surface area (Å²) in [4.78, 5) is 16.9. The summed E-state index contributed by atoms with van der Waals surface area (Å²) >= 11 is 0. The summed E-state index contributed by atoms with van der Waals surface area (Å²) in [6.45, 7) is 7.19. The first-order valence-electron chi connectivity index (χ1n) is 12.6. The second kappa shape index (κ2) is 11.0. The molecule has 0 fully saturated rings. The van der Waals surface area contributed by atoms with E-state index in [4.69, 9.17) is 10.5 Å². The normalized spacial score (nSPS) is 17.8. The zero-order valence-electron chi connectivity index (χ0n) is 21.7. The maximum atomic E-state index is 14.1. The van der Waals surface area contributed by atoms with Crippen LogP contribution >= 0.6 is 0 Å².